The van der Waals surface area contributed by atoms with E-state index in [4.69, 9.17) is 0 Å². The monoisotopic (exact) mass is 359 g/mol. The Morgan fingerprint density at radius 1 is 1.14 bits per heavy atom. The molecule has 0 saturated heterocycles. The highest BCUT2D eigenvalue weighted by molar-refractivity contribution is 9.10. The van der Waals surface area contributed by atoms with Crippen LogP contribution in [0.1, 0.15) is 15.9 Å². The van der Waals surface area contributed by atoms with Gasteiger partial charge in [0, 0.05) is 4.47 Å². The average molecular weight is 360 g/mol. The Kier molecular flexibility index (Phi) is 4.22. The molecule has 0 aliphatic carbocycles. The molecule has 2 rings (SSSR count). The number of benzene rings is 2. The lowest BCUT2D eigenvalue weighted by molar-refractivity contribution is -0.136. The third-order valence-electron chi connectivity index (χ3n) is 2.69. The van der Waals surface area contributed by atoms with Gasteiger partial charge in [0.05, 0.1) is 16.8 Å². The van der Waals surface area contributed by atoms with Crippen molar-refractivity contribution in [1.29, 1.82) is 0 Å². The number of para-hydroxylation sites is 1. The number of hydrogen-bond donors (Lipinski definition) is 2. The number of carbonyl (C=O) groups excluding carboxylic acids is 1. The Hall–Kier alpha value is -2.02. The summed E-state index contributed by atoms with van der Waals surface area (Å²) < 4.78 is 39.0. The first kappa shape index (κ1) is 15.4. The molecule has 21 heavy (non-hydrogen) atoms. The second kappa shape index (κ2) is 5.77. The Morgan fingerprint density at radius 2 is 1.81 bits per heavy atom. The molecule has 0 radical (unpaired) electrons. The number of phenolic OH excluding ortho intramolecular Hbond substituents is 1. The van der Waals surface area contributed by atoms with Gasteiger partial charge in [0.25, 0.3) is 5.91 Å². The van der Waals surface area contributed by atoms with Gasteiger partial charge >= 0.3 is 6.18 Å². The second-order valence-electron chi connectivity index (χ2n) is 4.16. The second-order valence-corrected chi connectivity index (χ2v) is 5.07. The summed E-state index contributed by atoms with van der Waals surface area (Å²) in [5.74, 6) is -1.15. The third-order valence-corrected chi connectivity index (χ3v) is 3.18. The molecule has 7 heteroatoms. The van der Waals surface area contributed by atoms with Crippen molar-refractivity contribution in [2.24, 2.45) is 0 Å². The van der Waals surface area contributed by atoms with E-state index in [0.717, 1.165) is 12.1 Å². The first-order valence-corrected chi connectivity index (χ1v) is 6.54. The first-order valence-electron chi connectivity index (χ1n) is 5.75. The Labute approximate surface area is 126 Å². The van der Waals surface area contributed by atoms with Crippen LogP contribution in [-0.2, 0) is 6.18 Å². The molecule has 2 aromatic carbocycles. The minimum absolute atomic E-state index is 0.116. The average Bonchev–Trinajstić information content (AvgIpc) is 2.37. The molecule has 0 spiro atoms. The largest absolute Gasteiger partial charge is 0.507 e. The molecule has 0 fully saturated rings. The molecule has 0 aromatic heterocycles. The number of phenols is 1. The number of amides is 1. The van der Waals surface area contributed by atoms with Crippen molar-refractivity contribution >= 4 is 27.5 Å². The van der Waals surface area contributed by atoms with E-state index in [2.05, 4.69) is 21.2 Å². The van der Waals surface area contributed by atoms with Gasteiger partial charge in [-0.3, -0.25) is 4.79 Å². The summed E-state index contributed by atoms with van der Waals surface area (Å²) in [5.41, 5.74) is -1.43. The van der Waals surface area contributed by atoms with E-state index in [1.807, 2.05) is 0 Å². The molecule has 2 N–H and O–H groups in total. The third kappa shape index (κ3) is 3.55. The lowest BCUT2D eigenvalue weighted by atomic mass is 10.1. The maximum Gasteiger partial charge on any atom is 0.418 e. The van der Waals surface area contributed by atoms with Crippen LogP contribution in [0.5, 0.6) is 5.75 Å². The van der Waals surface area contributed by atoms with E-state index in [9.17, 15) is 23.1 Å². The first-order chi connectivity index (χ1) is 9.79. The summed E-state index contributed by atoms with van der Waals surface area (Å²) in [6.45, 7) is 0. The molecule has 110 valence electrons. The number of nitrogens with one attached hydrogen (secondary N) is 1. The van der Waals surface area contributed by atoms with Crippen molar-refractivity contribution in [2.45, 2.75) is 6.18 Å². The van der Waals surface area contributed by atoms with Crippen LogP contribution in [0.25, 0.3) is 0 Å². The quantitative estimate of drug-likeness (QED) is 0.833. The van der Waals surface area contributed by atoms with Crippen LogP contribution < -0.4 is 5.32 Å². The van der Waals surface area contributed by atoms with E-state index < -0.39 is 17.6 Å². The molecule has 0 saturated carbocycles. The van der Waals surface area contributed by atoms with Crippen molar-refractivity contribution in [1.82, 2.24) is 0 Å². The van der Waals surface area contributed by atoms with Crippen molar-refractivity contribution in [2.75, 3.05) is 5.32 Å². The zero-order chi connectivity index (χ0) is 15.6. The molecule has 3 nitrogen and oxygen atoms in total. The zero-order valence-electron chi connectivity index (χ0n) is 10.4. The highest BCUT2D eigenvalue weighted by Gasteiger charge is 2.33. The molecular formula is C14H9BrF3NO2. The lowest BCUT2D eigenvalue weighted by Crippen LogP contribution is -2.16. The minimum Gasteiger partial charge on any atom is -0.507 e. The summed E-state index contributed by atoms with van der Waals surface area (Å²) in [4.78, 5) is 12.0. The lowest BCUT2D eigenvalue weighted by Gasteiger charge is -2.13. The molecule has 2 aromatic rings. The molecule has 0 atom stereocenters. The van der Waals surface area contributed by atoms with Crippen LogP contribution in [0.4, 0.5) is 18.9 Å². The van der Waals surface area contributed by atoms with Crippen molar-refractivity contribution in [3.63, 3.8) is 0 Å². The Balaban J connectivity index is 2.32. The van der Waals surface area contributed by atoms with Crippen LogP contribution in [0.3, 0.4) is 0 Å². The molecular weight excluding hydrogens is 351 g/mol. The van der Waals surface area contributed by atoms with E-state index in [1.165, 1.54) is 30.3 Å². The summed E-state index contributed by atoms with van der Waals surface area (Å²) in [7, 11) is 0. The molecule has 0 bridgehead atoms. The molecule has 0 aliphatic heterocycles. The highest BCUT2D eigenvalue weighted by atomic mass is 79.9. The molecule has 1 amide bonds. The van der Waals surface area contributed by atoms with E-state index in [1.54, 1.807) is 0 Å². The topological polar surface area (TPSA) is 49.3 Å². The number of alkyl halides is 3. The van der Waals surface area contributed by atoms with Gasteiger partial charge in [-0.25, -0.2) is 0 Å². The standard InChI is InChI=1S/C14H9BrF3NO2/c15-8-5-6-9(12(20)7-8)13(21)19-11-4-2-1-3-10(11)14(16,17)18/h1-7,20H,(H,19,21). The van der Waals surface area contributed by atoms with Gasteiger partial charge in [-0.05, 0) is 30.3 Å². The predicted octanol–water partition coefficient (Wildman–Crippen LogP) is 4.43. The molecule has 0 unspecified atom stereocenters. The van der Waals surface area contributed by atoms with Gasteiger partial charge < -0.3 is 10.4 Å². The normalized spacial score (nSPS) is 11.2. The van der Waals surface area contributed by atoms with Crippen molar-refractivity contribution < 1.29 is 23.1 Å². The Morgan fingerprint density at radius 3 is 2.43 bits per heavy atom. The minimum atomic E-state index is -4.58. The fourth-order valence-corrected chi connectivity index (χ4v) is 2.07. The van der Waals surface area contributed by atoms with Crippen molar-refractivity contribution in [3.05, 3.63) is 58.1 Å². The van der Waals surface area contributed by atoms with Crippen LogP contribution in [-0.4, -0.2) is 11.0 Å². The molecule has 0 heterocycles. The van der Waals surface area contributed by atoms with Crippen molar-refractivity contribution in [3.8, 4) is 5.75 Å². The summed E-state index contributed by atoms with van der Waals surface area (Å²) in [6.07, 6.45) is -4.58. The highest BCUT2D eigenvalue weighted by Crippen LogP contribution is 2.35. The van der Waals surface area contributed by atoms with Crippen LogP contribution in [0.2, 0.25) is 0 Å². The number of rotatable bonds is 2. The number of hydrogen-bond acceptors (Lipinski definition) is 2. The SMILES string of the molecule is O=C(Nc1ccccc1C(F)(F)F)c1ccc(Br)cc1O. The zero-order valence-corrected chi connectivity index (χ0v) is 12.0. The Bertz CT molecular complexity index is 686. The fraction of sp³-hybridized carbons (Fsp3) is 0.0714. The van der Waals surface area contributed by atoms with Gasteiger partial charge in [-0.15, -0.1) is 0 Å². The van der Waals surface area contributed by atoms with Gasteiger partial charge in [0.1, 0.15) is 5.75 Å². The van der Waals surface area contributed by atoms with Gasteiger partial charge in [-0.1, -0.05) is 28.1 Å². The maximum absolute atomic E-state index is 12.8. The van der Waals surface area contributed by atoms with Gasteiger partial charge in [-0.2, -0.15) is 13.2 Å². The van der Waals surface area contributed by atoms with Gasteiger partial charge in [0.2, 0.25) is 0 Å². The fourth-order valence-electron chi connectivity index (χ4n) is 1.73. The number of halogens is 4. The van der Waals surface area contributed by atoms with Gasteiger partial charge in [0.15, 0.2) is 0 Å². The smallest absolute Gasteiger partial charge is 0.418 e. The summed E-state index contributed by atoms with van der Waals surface area (Å²) in [6, 6.07) is 8.73. The number of carbonyl (C=O) groups is 1. The van der Waals surface area contributed by atoms with E-state index >= 15 is 0 Å². The number of anilines is 1. The van der Waals surface area contributed by atoms with Crippen LogP contribution in [0, 0.1) is 0 Å². The summed E-state index contributed by atoms with van der Waals surface area (Å²) >= 11 is 3.11. The van der Waals surface area contributed by atoms with E-state index in [-0.39, 0.29) is 17.0 Å². The van der Waals surface area contributed by atoms with Crippen LogP contribution >= 0.6 is 15.9 Å². The maximum atomic E-state index is 12.8. The van der Waals surface area contributed by atoms with E-state index in [0.29, 0.717) is 4.47 Å². The summed E-state index contributed by atoms with van der Waals surface area (Å²) in [5, 5.41) is 11.8. The van der Waals surface area contributed by atoms with Crippen LogP contribution in [0.15, 0.2) is 46.9 Å². The number of aromatic hydroxyl groups is 1. The molecule has 0 aliphatic rings. The predicted molar refractivity (Wildman–Crippen MR) is 75.2 cm³/mol.